The zero-order valence-electron chi connectivity index (χ0n) is 15.9. The van der Waals surface area contributed by atoms with Crippen LogP contribution >= 0.6 is 0 Å². The van der Waals surface area contributed by atoms with Gasteiger partial charge in [-0.2, -0.15) is 5.26 Å². The first kappa shape index (κ1) is 18.6. The van der Waals surface area contributed by atoms with Crippen LogP contribution in [0.25, 0.3) is 0 Å². The van der Waals surface area contributed by atoms with Gasteiger partial charge >= 0.3 is 5.97 Å². The normalized spacial score (nSPS) is 28.1. The summed E-state index contributed by atoms with van der Waals surface area (Å²) in [7, 11) is 0. The van der Waals surface area contributed by atoms with Gasteiger partial charge in [-0.15, -0.1) is 0 Å². The predicted octanol–water partition coefficient (Wildman–Crippen LogP) is 3.57. The SMILES string of the molecule is CCC1C2=CC(=O)C(C#N)C=C2C[C@H](CC(=O)OC[C@H]2CO2)c2ccccc21. The molecule has 5 heteroatoms. The highest BCUT2D eigenvalue weighted by Gasteiger charge is 2.35. The highest BCUT2D eigenvalue weighted by Crippen LogP contribution is 2.47. The number of epoxide rings is 1. The zero-order valence-corrected chi connectivity index (χ0v) is 15.9. The molecule has 1 aromatic carbocycles. The van der Waals surface area contributed by atoms with E-state index in [2.05, 4.69) is 25.1 Å². The van der Waals surface area contributed by atoms with Gasteiger partial charge in [-0.3, -0.25) is 9.59 Å². The van der Waals surface area contributed by atoms with E-state index in [4.69, 9.17) is 9.47 Å². The molecule has 0 bridgehead atoms. The smallest absolute Gasteiger partial charge is 0.306 e. The summed E-state index contributed by atoms with van der Waals surface area (Å²) in [5.41, 5.74) is 4.29. The Kier molecular flexibility index (Phi) is 5.15. The zero-order chi connectivity index (χ0) is 19.7. The molecule has 28 heavy (non-hydrogen) atoms. The maximum absolute atomic E-state index is 12.4. The number of benzene rings is 1. The number of ketones is 1. The molecule has 0 saturated carbocycles. The van der Waals surface area contributed by atoms with E-state index in [9.17, 15) is 14.9 Å². The molecule has 4 atom stereocenters. The van der Waals surface area contributed by atoms with Crippen molar-refractivity contribution in [1.29, 1.82) is 5.26 Å². The summed E-state index contributed by atoms with van der Waals surface area (Å²) >= 11 is 0. The molecule has 0 radical (unpaired) electrons. The fourth-order valence-electron chi connectivity index (χ4n) is 4.30. The molecule has 0 spiro atoms. The van der Waals surface area contributed by atoms with Crippen LogP contribution < -0.4 is 0 Å². The average molecular weight is 377 g/mol. The van der Waals surface area contributed by atoms with E-state index in [1.54, 1.807) is 12.2 Å². The van der Waals surface area contributed by atoms with Crippen LogP contribution in [0.1, 0.15) is 49.1 Å². The molecule has 1 saturated heterocycles. The minimum atomic E-state index is -0.739. The van der Waals surface area contributed by atoms with Gasteiger partial charge in [0.25, 0.3) is 0 Å². The molecule has 4 rings (SSSR count). The maximum Gasteiger partial charge on any atom is 0.306 e. The van der Waals surface area contributed by atoms with Gasteiger partial charge in [-0.1, -0.05) is 37.3 Å². The third-order valence-corrected chi connectivity index (χ3v) is 5.79. The first-order chi connectivity index (χ1) is 13.6. The lowest BCUT2D eigenvalue weighted by Crippen LogP contribution is -2.17. The van der Waals surface area contributed by atoms with Gasteiger partial charge in [0.1, 0.15) is 18.6 Å². The molecule has 0 aromatic heterocycles. The lowest BCUT2D eigenvalue weighted by Gasteiger charge is -2.23. The van der Waals surface area contributed by atoms with Crippen LogP contribution in [0.5, 0.6) is 0 Å². The number of fused-ring (bicyclic) bond motifs is 2. The van der Waals surface area contributed by atoms with Crippen LogP contribution in [-0.2, 0) is 19.1 Å². The van der Waals surface area contributed by atoms with Crippen LogP contribution in [0.3, 0.4) is 0 Å². The Hall–Kier alpha value is -2.71. The average Bonchev–Trinajstić information content (AvgIpc) is 3.53. The molecule has 0 amide bonds. The number of carbonyl (C=O) groups is 2. The number of rotatable bonds is 5. The molecule has 1 aliphatic heterocycles. The Morgan fingerprint density at radius 3 is 2.75 bits per heavy atom. The molecule has 3 aliphatic rings. The summed E-state index contributed by atoms with van der Waals surface area (Å²) in [5.74, 6) is -1.08. The van der Waals surface area contributed by atoms with Crippen LogP contribution in [0.15, 0.2) is 47.6 Å². The monoisotopic (exact) mass is 377 g/mol. The molecule has 0 N–H and O–H groups in total. The highest BCUT2D eigenvalue weighted by atomic mass is 16.6. The maximum atomic E-state index is 12.4. The second-order valence-corrected chi connectivity index (χ2v) is 7.63. The quantitative estimate of drug-likeness (QED) is 0.579. The Labute approximate surface area is 164 Å². The minimum Gasteiger partial charge on any atom is -0.463 e. The van der Waals surface area contributed by atoms with Crippen molar-refractivity contribution in [2.75, 3.05) is 13.2 Å². The number of hydrogen-bond acceptors (Lipinski definition) is 5. The number of carbonyl (C=O) groups excluding carboxylic acids is 2. The summed E-state index contributed by atoms with van der Waals surface area (Å²) in [6.07, 6.45) is 5.24. The summed E-state index contributed by atoms with van der Waals surface area (Å²) in [5, 5.41) is 9.33. The van der Waals surface area contributed by atoms with E-state index in [0.717, 1.165) is 28.7 Å². The van der Waals surface area contributed by atoms with Gasteiger partial charge in [0.15, 0.2) is 5.78 Å². The van der Waals surface area contributed by atoms with Crippen molar-refractivity contribution in [1.82, 2.24) is 0 Å². The number of allylic oxidation sites excluding steroid dienone is 4. The van der Waals surface area contributed by atoms with Crippen LogP contribution in [-0.4, -0.2) is 31.1 Å². The van der Waals surface area contributed by atoms with E-state index < -0.39 is 5.92 Å². The molecule has 1 aromatic rings. The summed E-state index contributed by atoms with van der Waals surface area (Å²) in [6.45, 7) is 3.07. The van der Waals surface area contributed by atoms with Crippen molar-refractivity contribution in [2.45, 2.75) is 44.1 Å². The van der Waals surface area contributed by atoms with Gasteiger partial charge in [0.05, 0.1) is 19.1 Å². The van der Waals surface area contributed by atoms with Gasteiger partial charge in [-0.05, 0) is 47.1 Å². The van der Waals surface area contributed by atoms with Gasteiger partial charge < -0.3 is 9.47 Å². The molecule has 144 valence electrons. The Morgan fingerprint density at radius 2 is 2.07 bits per heavy atom. The molecule has 2 aliphatic carbocycles. The molecular formula is C23H23NO4. The molecular weight excluding hydrogens is 354 g/mol. The van der Waals surface area contributed by atoms with E-state index >= 15 is 0 Å². The second-order valence-electron chi connectivity index (χ2n) is 7.63. The highest BCUT2D eigenvalue weighted by molar-refractivity contribution is 5.98. The summed E-state index contributed by atoms with van der Waals surface area (Å²) < 4.78 is 10.5. The largest absolute Gasteiger partial charge is 0.463 e. The van der Waals surface area contributed by atoms with Gasteiger partial charge in [-0.25, -0.2) is 0 Å². The van der Waals surface area contributed by atoms with E-state index in [-0.39, 0.29) is 36.1 Å². The standard InChI is InChI=1S/C23H23NO4/c1-2-18-20-6-4-3-5-19(20)15(9-23(26)28-13-17-12-27-17)7-14-8-16(11-24)22(25)10-21(14)18/h3-6,8,10,15-18H,2,7,9,12-13H2,1H3/t15-,16?,17-,18?/m1/s1. The molecule has 1 fully saturated rings. The third kappa shape index (κ3) is 3.65. The lowest BCUT2D eigenvalue weighted by molar-refractivity contribution is -0.144. The van der Waals surface area contributed by atoms with Crippen molar-refractivity contribution in [2.24, 2.45) is 5.92 Å². The van der Waals surface area contributed by atoms with Crippen molar-refractivity contribution in [3.05, 3.63) is 58.7 Å². The second kappa shape index (κ2) is 7.73. The fraction of sp³-hybridized carbons (Fsp3) is 0.435. The van der Waals surface area contributed by atoms with E-state index in [1.807, 2.05) is 12.1 Å². The number of esters is 1. The van der Waals surface area contributed by atoms with Crippen molar-refractivity contribution in [3.8, 4) is 6.07 Å². The van der Waals surface area contributed by atoms with Gasteiger partial charge in [0.2, 0.25) is 0 Å². The minimum absolute atomic E-state index is 0.0393. The summed E-state index contributed by atoms with van der Waals surface area (Å²) in [4.78, 5) is 24.8. The summed E-state index contributed by atoms with van der Waals surface area (Å²) in [6, 6.07) is 10.2. The number of nitriles is 1. The third-order valence-electron chi connectivity index (χ3n) is 5.79. The van der Waals surface area contributed by atoms with Crippen LogP contribution in [0, 0.1) is 17.2 Å². The number of nitrogens with zero attached hydrogens (tertiary/aromatic N) is 1. The van der Waals surface area contributed by atoms with Crippen molar-refractivity contribution >= 4 is 11.8 Å². The van der Waals surface area contributed by atoms with E-state index in [1.165, 1.54) is 0 Å². The molecule has 1 heterocycles. The predicted molar refractivity (Wildman–Crippen MR) is 102 cm³/mol. The Bertz CT molecular complexity index is 903. The first-order valence-electron chi connectivity index (χ1n) is 9.82. The van der Waals surface area contributed by atoms with E-state index in [0.29, 0.717) is 19.6 Å². The topological polar surface area (TPSA) is 79.7 Å². The fourth-order valence-corrected chi connectivity index (χ4v) is 4.30. The molecule has 5 nitrogen and oxygen atoms in total. The number of hydrogen-bond donors (Lipinski definition) is 0. The van der Waals surface area contributed by atoms with Crippen molar-refractivity contribution in [3.63, 3.8) is 0 Å². The lowest BCUT2D eigenvalue weighted by atomic mass is 9.80. The Morgan fingerprint density at radius 1 is 1.32 bits per heavy atom. The number of ether oxygens (including phenoxy) is 2. The first-order valence-corrected chi connectivity index (χ1v) is 9.82. The Balaban J connectivity index is 1.68. The van der Waals surface area contributed by atoms with Crippen LogP contribution in [0.2, 0.25) is 0 Å². The van der Waals surface area contributed by atoms with Crippen molar-refractivity contribution < 1.29 is 19.1 Å². The van der Waals surface area contributed by atoms with Gasteiger partial charge in [0, 0.05) is 5.92 Å². The van der Waals surface area contributed by atoms with Crippen LogP contribution in [0.4, 0.5) is 0 Å². The molecule has 2 unspecified atom stereocenters.